The van der Waals surface area contributed by atoms with Crippen molar-refractivity contribution < 1.29 is 14.3 Å². The van der Waals surface area contributed by atoms with Crippen LogP contribution in [0.25, 0.3) is 0 Å². The molecule has 2 fully saturated rings. The Kier molecular flexibility index (Phi) is 6.26. The van der Waals surface area contributed by atoms with Crippen molar-refractivity contribution in [3.63, 3.8) is 0 Å². The maximum atomic E-state index is 12.8. The van der Waals surface area contributed by atoms with Crippen LogP contribution in [0.1, 0.15) is 24.2 Å². The maximum Gasteiger partial charge on any atom is 0.227 e. The van der Waals surface area contributed by atoms with Gasteiger partial charge in [-0.3, -0.25) is 19.6 Å². The van der Waals surface area contributed by atoms with E-state index in [0.29, 0.717) is 32.5 Å². The Morgan fingerprint density at radius 1 is 1.38 bits per heavy atom. The number of morpholine rings is 1. The molecule has 3 rings (SSSR count). The number of amides is 2. The summed E-state index contributed by atoms with van der Waals surface area (Å²) in [6.45, 7) is 7.82. The molecule has 2 aliphatic rings. The van der Waals surface area contributed by atoms with E-state index in [0.717, 1.165) is 44.2 Å². The van der Waals surface area contributed by atoms with Crippen LogP contribution in [0.5, 0.6) is 0 Å². The molecule has 8 heteroatoms. The van der Waals surface area contributed by atoms with Crippen LogP contribution >= 0.6 is 0 Å². The number of aryl methyl sites for hydroxylation is 1. The summed E-state index contributed by atoms with van der Waals surface area (Å²) in [7, 11) is 1.81. The summed E-state index contributed by atoms with van der Waals surface area (Å²) in [5, 5.41) is 7.09. The van der Waals surface area contributed by atoms with E-state index < -0.39 is 0 Å². The van der Waals surface area contributed by atoms with E-state index in [-0.39, 0.29) is 17.7 Å². The molecule has 0 aromatic carbocycles. The van der Waals surface area contributed by atoms with Gasteiger partial charge in [-0.05, 0) is 19.4 Å². The molecule has 0 radical (unpaired) electrons. The molecule has 8 nitrogen and oxygen atoms in total. The van der Waals surface area contributed by atoms with E-state index in [4.69, 9.17) is 4.74 Å². The van der Waals surface area contributed by atoms with Gasteiger partial charge < -0.3 is 14.5 Å². The number of aromatic nitrogens is 2. The Bertz CT molecular complexity index is 626. The number of piperidine rings is 1. The zero-order chi connectivity index (χ0) is 18.5. The fraction of sp³-hybridized carbons (Fsp3) is 0.722. The Hall–Kier alpha value is -1.93. The van der Waals surface area contributed by atoms with Crippen LogP contribution in [0.3, 0.4) is 0 Å². The highest BCUT2D eigenvalue weighted by Crippen LogP contribution is 2.20. The zero-order valence-electron chi connectivity index (χ0n) is 15.7. The molecule has 0 bridgehead atoms. The fourth-order valence-corrected chi connectivity index (χ4v) is 3.61. The van der Waals surface area contributed by atoms with Crippen LogP contribution < -0.4 is 0 Å². The summed E-state index contributed by atoms with van der Waals surface area (Å²) in [6.07, 6.45) is 1.09. The van der Waals surface area contributed by atoms with Crippen LogP contribution in [0.15, 0.2) is 6.07 Å². The van der Waals surface area contributed by atoms with Gasteiger partial charge in [0.1, 0.15) is 0 Å². The Morgan fingerprint density at radius 2 is 2.15 bits per heavy atom. The van der Waals surface area contributed by atoms with Gasteiger partial charge in [0.25, 0.3) is 0 Å². The summed E-state index contributed by atoms with van der Waals surface area (Å²) < 4.78 is 5.36. The minimum absolute atomic E-state index is 0.0922. The molecule has 1 atom stereocenters. The molecule has 0 aliphatic carbocycles. The van der Waals surface area contributed by atoms with Gasteiger partial charge in [0, 0.05) is 51.9 Å². The minimum Gasteiger partial charge on any atom is -0.379 e. The number of nitrogens with one attached hydrogen (secondary N) is 1. The number of carbonyl (C=O) groups is 2. The SMILES string of the molecule is Cc1cc(CN(C)C(=O)C2CCC(=O)N(CCN3CCOCC3)C2)n[nH]1. The first-order valence-electron chi connectivity index (χ1n) is 9.36. The number of likely N-dealkylation sites (tertiary alicyclic amines) is 1. The zero-order valence-corrected chi connectivity index (χ0v) is 15.7. The molecule has 2 amide bonds. The van der Waals surface area contributed by atoms with Crippen LogP contribution in [-0.4, -0.2) is 89.7 Å². The molecule has 1 unspecified atom stereocenters. The number of carbonyl (C=O) groups excluding carboxylic acids is 2. The molecule has 0 saturated carbocycles. The third kappa shape index (κ3) is 4.82. The first kappa shape index (κ1) is 18.8. The van der Waals surface area contributed by atoms with Crippen molar-refractivity contribution in [3.8, 4) is 0 Å². The largest absolute Gasteiger partial charge is 0.379 e. The normalized spacial score (nSPS) is 21.8. The summed E-state index contributed by atoms with van der Waals surface area (Å²) in [4.78, 5) is 30.9. The summed E-state index contributed by atoms with van der Waals surface area (Å²) in [5.41, 5.74) is 1.84. The van der Waals surface area contributed by atoms with Crippen molar-refractivity contribution in [3.05, 3.63) is 17.5 Å². The lowest BCUT2D eigenvalue weighted by Gasteiger charge is -2.35. The van der Waals surface area contributed by atoms with Gasteiger partial charge in [0.15, 0.2) is 0 Å². The fourth-order valence-electron chi connectivity index (χ4n) is 3.61. The van der Waals surface area contributed by atoms with Gasteiger partial charge in [-0.25, -0.2) is 0 Å². The molecule has 1 aromatic heterocycles. The van der Waals surface area contributed by atoms with E-state index in [1.54, 1.807) is 11.9 Å². The number of H-pyrrole nitrogens is 1. The summed E-state index contributed by atoms with van der Waals surface area (Å²) >= 11 is 0. The molecule has 3 heterocycles. The second-order valence-corrected chi connectivity index (χ2v) is 7.27. The van der Waals surface area contributed by atoms with Gasteiger partial charge >= 0.3 is 0 Å². The average molecular weight is 363 g/mol. The predicted octanol–water partition coefficient (Wildman–Crippen LogP) is 0.247. The number of hydrogen-bond donors (Lipinski definition) is 1. The highest BCUT2D eigenvalue weighted by Gasteiger charge is 2.32. The third-order valence-corrected chi connectivity index (χ3v) is 5.17. The highest BCUT2D eigenvalue weighted by molar-refractivity contribution is 5.83. The lowest BCUT2D eigenvalue weighted by Crippen LogP contribution is -2.49. The van der Waals surface area contributed by atoms with Crippen LogP contribution in [0, 0.1) is 12.8 Å². The van der Waals surface area contributed by atoms with Crippen molar-refractivity contribution in [2.45, 2.75) is 26.3 Å². The summed E-state index contributed by atoms with van der Waals surface area (Å²) in [5.74, 6) is 0.129. The van der Waals surface area contributed by atoms with Crippen molar-refractivity contribution >= 4 is 11.8 Å². The van der Waals surface area contributed by atoms with Crippen molar-refractivity contribution in [1.29, 1.82) is 0 Å². The van der Waals surface area contributed by atoms with Crippen molar-refractivity contribution in [2.24, 2.45) is 5.92 Å². The van der Waals surface area contributed by atoms with E-state index >= 15 is 0 Å². The number of ether oxygens (including phenoxy) is 1. The lowest BCUT2D eigenvalue weighted by atomic mass is 9.96. The molecule has 26 heavy (non-hydrogen) atoms. The Morgan fingerprint density at radius 3 is 2.85 bits per heavy atom. The standard InChI is InChI=1S/C18H29N5O3/c1-14-11-16(20-19-14)13-21(2)18(25)15-3-4-17(24)23(12-15)6-5-22-7-9-26-10-8-22/h11,15H,3-10,12-13H2,1-2H3,(H,19,20). The van der Waals surface area contributed by atoms with Gasteiger partial charge in [-0.15, -0.1) is 0 Å². The van der Waals surface area contributed by atoms with Crippen molar-refractivity contribution in [2.75, 3.05) is 53.0 Å². The third-order valence-electron chi connectivity index (χ3n) is 5.17. The number of rotatable bonds is 6. The number of aromatic amines is 1. The van der Waals surface area contributed by atoms with Crippen LogP contribution in [0.4, 0.5) is 0 Å². The van der Waals surface area contributed by atoms with Gasteiger partial charge in [0.05, 0.1) is 31.4 Å². The summed E-state index contributed by atoms with van der Waals surface area (Å²) in [6, 6.07) is 1.95. The highest BCUT2D eigenvalue weighted by atomic mass is 16.5. The first-order valence-corrected chi connectivity index (χ1v) is 9.36. The van der Waals surface area contributed by atoms with Gasteiger partial charge in [0.2, 0.25) is 11.8 Å². The molecule has 0 spiro atoms. The molecular formula is C18H29N5O3. The predicted molar refractivity (Wildman–Crippen MR) is 96.4 cm³/mol. The second kappa shape index (κ2) is 8.64. The topological polar surface area (TPSA) is 81.8 Å². The quantitative estimate of drug-likeness (QED) is 0.783. The maximum absolute atomic E-state index is 12.8. The molecule has 2 saturated heterocycles. The first-order chi connectivity index (χ1) is 12.5. The molecule has 1 N–H and O–H groups in total. The number of hydrogen-bond acceptors (Lipinski definition) is 5. The Balaban J connectivity index is 1.50. The molecule has 2 aliphatic heterocycles. The average Bonchev–Trinajstić information content (AvgIpc) is 3.06. The van der Waals surface area contributed by atoms with Gasteiger partial charge in [-0.1, -0.05) is 0 Å². The van der Waals surface area contributed by atoms with Gasteiger partial charge in [-0.2, -0.15) is 5.10 Å². The minimum atomic E-state index is -0.123. The Labute approximate surface area is 154 Å². The smallest absolute Gasteiger partial charge is 0.227 e. The lowest BCUT2D eigenvalue weighted by molar-refractivity contribution is -0.142. The molecular weight excluding hydrogens is 334 g/mol. The second-order valence-electron chi connectivity index (χ2n) is 7.27. The monoisotopic (exact) mass is 363 g/mol. The van der Waals surface area contributed by atoms with E-state index in [1.807, 2.05) is 17.9 Å². The number of nitrogens with zero attached hydrogens (tertiary/aromatic N) is 4. The molecule has 144 valence electrons. The van der Waals surface area contributed by atoms with Crippen molar-refractivity contribution in [1.82, 2.24) is 24.9 Å². The van der Waals surface area contributed by atoms with Crippen LogP contribution in [-0.2, 0) is 20.9 Å². The molecule has 1 aromatic rings. The van der Waals surface area contributed by atoms with E-state index in [9.17, 15) is 9.59 Å². The van der Waals surface area contributed by atoms with E-state index in [1.165, 1.54) is 0 Å². The van der Waals surface area contributed by atoms with Crippen LogP contribution in [0.2, 0.25) is 0 Å². The van der Waals surface area contributed by atoms with E-state index in [2.05, 4.69) is 15.1 Å².